The molecule has 0 radical (unpaired) electrons. The highest BCUT2D eigenvalue weighted by molar-refractivity contribution is 9.10. The molecule has 0 saturated carbocycles. The van der Waals surface area contributed by atoms with Gasteiger partial charge >= 0.3 is 0 Å². The molecule has 0 spiro atoms. The number of halogens is 1. The molecule has 0 saturated heterocycles. The van der Waals surface area contributed by atoms with Gasteiger partial charge in [-0.3, -0.25) is 4.98 Å². The van der Waals surface area contributed by atoms with Crippen molar-refractivity contribution < 1.29 is 16.4 Å². The Morgan fingerprint density at radius 3 is 3.00 bits per heavy atom. The number of hydrogen-bond acceptors (Lipinski definition) is 1. The van der Waals surface area contributed by atoms with E-state index >= 15 is 0 Å². The van der Waals surface area contributed by atoms with E-state index in [-0.39, 0.29) is 0 Å². The van der Waals surface area contributed by atoms with Gasteiger partial charge in [-0.15, -0.1) is 0 Å². The maximum Gasteiger partial charge on any atom is 0.0840 e. The van der Waals surface area contributed by atoms with E-state index in [9.17, 15) is 0 Å². The fourth-order valence-corrected chi connectivity index (χ4v) is 0.750. The van der Waals surface area contributed by atoms with Crippen molar-refractivity contribution in [1.82, 2.24) is 4.98 Å². The zero-order valence-corrected chi connectivity index (χ0v) is 6.91. The van der Waals surface area contributed by atoms with Crippen molar-refractivity contribution in [3.05, 3.63) is 28.4 Å². The highest BCUT2D eigenvalue weighted by Crippen LogP contribution is 2.22. The van der Waals surface area contributed by atoms with Gasteiger partial charge in [-0.1, -0.05) is 36.5 Å². The van der Waals surface area contributed by atoms with Crippen molar-refractivity contribution in [2.45, 2.75) is 26.0 Å². The molecule has 0 fully saturated rings. The van der Waals surface area contributed by atoms with E-state index in [1.165, 1.54) is 0 Å². The summed E-state index contributed by atoms with van der Waals surface area (Å²) in [5, 5.41) is 0. The molecule has 0 amide bonds. The second-order valence-electron chi connectivity index (χ2n) is 1.89. The average Bonchev–Trinajstić information content (AvgIpc) is 2.28. The molecule has 0 aliphatic heterocycles. The van der Waals surface area contributed by atoms with Gasteiger partial charge in [-0.25, -0.2) is 0 Å². The van der Waals surface area contributed by atoms with Crippen LogP contribution >= 0.6 is 15.9 Å². The normalized spacial score (nSPS) is 31.0. The van der Waals surface area contributed by atoms with Crippen LogP contribution in [0, 0.1) is 0 Å². The highest BCUT2D eigenvalue weighted by atomic mass is 79.9. The number of hydrogen-bond donors (Lipinski definition) is 0. The van der Waals surface area contributed by atoms with Gasteiger partial charge in [0.25, 0.3) is 0 Å². The zero-order chi connectivity index (χ0) is 18.6. The first-order valence-corrected chi connectivity index (χ1v) is 3.43. The Kier molecular flexibility index (Phi) is 0.514. The molecule has 60 valence electrons. The zero-order valence-electron chi connectivity index (χ0n) is 17.3. The molecule has 0 atom stereocenters. The molecule has 1 rings (SSSR count). The minimum absolute atomic E-state index is 0.394. The Morgan fingerprint density at radius 1 is 1.64 bits per heavy atom. The lowest BCUT2D eigenvalue weighted by Crippen LogP contribution is -2.12. The fraction of sp³-hybridized carbons (Fsp3) is 0.444. The van der Waals surface area contributed by atoms with Crippen molar-refractivity contribution in [3.63, 3.8) is 0 Å². The van der Waals surface area contributed by atoms with Crippen molar-refractivity contribution in [2.24, 2.45) is 0 Å². The molecule has 2 heteroatoms. The lowest BCUT2D eigenvalue weighted by atomic mass is 9.92. The number of aromatic nitrogens is 1. The molecule has 0 N–H and O–H groups in total. The second-order valence-corrected chi connectivity index (χ2v) is 2.68. The largest absolute Gasteiger partial charge is 0.261 e. The van der Waals surface area contributed by atoms with Gasteiger partial charge in [-0.2, -0.15) is 0 Å². The van der Waals surface area contributed by atoms with Crippen molar-refractivity contribution >= 4 is 15.9 Å². The molecule has 1 heterocycles. The van der Waals surface area contributed by atoms with Gasteiger partial charge in [0.15, 0.2) is 0 Å². The van der Waals surface area contributed by atoms with Crippen LogP contribution in [-0.2, 0) is 5.41 Å². The quantitative estimate of drug-likeness (QED) is 0.662. The molecule has 0 aliphatic rings. The van der Waals surface area contributed by atoms with E-state index in [1.807, 2.05) is 0 Å². The SMILES string of the molecule is [2H]c1nc(C(C([2H])([2H])[2H])(C([2H])([2H])[2H])C([2H])([2H])[2H])c([2H])c(Br)c1[2H]. The van der Waals surface area contributed by atoms with E-state index in [0.29, 0.717) is 0 Å². The van der Waals surface area contributed by atoms with E-state index in [4.69, 9.17) is 16.4 Å². The minimum atomic E-state index is -3.57. The average molecular weight is 226 g/mol. The molecule has 1 aromatic rings. The molecule has 0 bridgehead atoms. The summed E-state index contributed by atoms with van der Waals surface area (Å²) in [6, 6.07) is -1.43. The van der Waals surface area contributed by atoms with Crippen LogP contribution in [0.3, 0.4) is 0 Å². The first-order valence-electron chi connectivity index (χ1n) is 8.64. The van der Waals surface area contributed by atoms with Crippen LogP contribution < -0.4 is 0 Å². The number of rotatable bonds is 0. The molecule has 1 aromatic heterocycles. The summed E-state index contributed by atoms with van der Waals surface area (Å²) >= 11 is 2.79. The van der Waals surface area contributed by atoms with Gasteiger partial charge in [0, 0.05) is 34.1 Å². The van der Waals surface area contributed by atoms with E-state index in [1.54, 1.807) is 0 Å². The lowest BCUT2D eigenvalue weighted by molar-refractivity contribution is 0.568. The Morgan fingerprint density at radius 2 is 2.36 bits per heavy atom. The predicted molar refractivity (Wildman–Crippen MR) is 50.6 cm³/mol. The third kappa shape index (κ3) is 2.29. The topological polar surface area (TPSA) is 12.9 Å². The smallest absolute Gasteiger partial charge is 0.0840 e. The lowest BCUT2D eigenvalue weighted by Gasteiger charge is -2.17. The van der Waals surface area contributed by atoms with Crippen molar-refractivity contribution in [2.75, 3.05) is 0 Å². The molecular formula is C9H12BrN. The summed E-state index contributed by atoms with van der Waals surface area (Å²) in [5.74, 6) is 0. The summed E-state index contributed by atoms with van der Waals surface area (Å²) in [4.78, 5) is 3.39. The summed E-state index contributed by atoms with van der Waals surface area (Å²) < 4.78 is 90.4. The molecular weight excluding hydrogens is 202 g/mol. The summed E-state index contributed by atoms with van der Waals surface area (Å²) in [5.41, 5.74) is -4.54. The first kappa shape index (κ1) is 1.92. The summed E-state index contributed by atoms with van der Waals surface area (Å²) in [7, 11) is 0. The van der Waals surface area contributed by atoms with Gasteiger partial charge < -0.3 is 0 Å². The molecule has 0 aliphatic carbocycles. The third-order valence-electron chi connectivity index (χ3n) is 0.917. The first-order chi connectivity index (χ1) is 10.00. The van der Waals surface area contributed by atoms with E-state index in [0.717, 1.165) is 0 Å². The maximum atomic E-state index is 7.87. The van der Waals surface area contributed by atoms with E-state index < -0.39 is 54.4 Å². The maximum absolute atomic E-state index is 7.87. The summed E-state index contributed by atoms with van der Waals surface area (Å²) in [6.07, 6.45) is -0.829. The Labute approximate surface area is 92.8 Å². The fourth-order valence-electron chi connectivity index (χ4n) is 0.474. The van der Waals surface area contributed by atoms with Crippen LogP contribution in [0.15, 0.2) is 22.7 Å². The van der Waals surface area contributed by atoms with Gasteiger partial charge in [0.05, 0.1) is 4.11 Å². The minimum Gasteiger partial charge on any atom is -0.261 e. The highest BCUT2D eigenvalue weighted by Gasteiger charge is 2.14. The van der Waals surface area contributed by atoms with Crippen LogP contribution in [0.4, 0.5) is 0 Å². The summed E-state index contributed by atoms with van der Waals surface area (Å²) in [6.45, 7) is -10.7. The second kappa shape index (κ2) is 2.94. The molecule has 11 heavy (non-hydrogen) atoms. The van der Waals surface area contributed by atoms with E-state index in [2.05, 4.69) is 20.9 Å². The van der Waals surface area contributed by atoms with Crippen LogP contribution in [0.25, 0.3) is 0 Å². The molecule has 1 nitrogen and oxygen atoms in total. The van der Waals surface area contributed by atoms with Crippen molar-refractivity contribution in [1.29, 1.82) is 0 Å². The molecule has 0 aromatic carbocycles. The Hall–Kier alpha value is -0.370. The van der Waals surface area contributed by atoms with Gasteiger partial charge in [0.2, 0.25) is 0 Å². The molecule has 0 unspecified atom stereocenters. The number of pyridine rings is 1. The standard InChI is InChI=1S/C9H12BrN/c1-9(2,3)8-6-7(10)4-5-11-8/h4-6H,1-3H3/i1D3,2D3,3D3,4D,5D,6D. The van der Waals surface area contributed by atoms with Crippen LogP contribution in [0.5, 0.6) is 0 Å². The third-order valence-corrected chi connectivity index (χ3v) is 1.31. The Bertz CT molecular complexity index is 577. The van der Waals surface area contributed by atoms with Crippen molar-refractivity contribution in [3.8, 4) is 0 Å². The Balaban J connectivity index is 4.11. The number of nitrogens with zero attached hydrogens (tertiary/aromatic N) is 1. The van der Waals surface area contributed by atoms with Crippen LogP contribution in [0.2, 0.25) is 0 Å². The van der Waals surface area contributed by atoms with Crippen LogP contribution in [0.1, 0.15) is 42.7 Å². The predicted octanol–water partition coefficient (Wildman–Crippen LogP) is 3.14. The van der Waals surface area contributed by atoms with Crippen LogP contribution in [-0.4, -0.2) is 4.98 Å². The monoisotopic (exact) mass is 225 g/mol. The van der Waals surface area contributed by atoms with Gasteiger partial charge in [-0.05, 0) is 12.1 Å². The van der Waals surface area contributed by atoms with Gasteiger partial charge in [0.1, 0.15) is 0 Å².